The Labute approximate surface area is 52.5 Å². The van der Waals surface area contributed by atoms with Crippen molar-refractivity contribution < 1.29 is 0 Å². The van der Waals surface area contributed by atoms with Gasteiger partial charge in [-0.3, -0.25) is 0 Å². The van der Waals surface area contributed by atoms with E-state index in [9.17, 15) is 0 Å². The molecule has 0 aliphatic rings. The topological polar surface area (TPSA) is 0 Å². The normalized spacial score (nSPS) is 12.2. The maximum absolute atomic E-state index is 5.27. The van der Waals surface area contributed by atoms with Gasteiger partial charge in [-0.15, -0.1) is 0 Å². The van der Waals surface area contributed by atoms with Gasteiger partial charge in [0.2, 0.25) is 0 Å². The summed E-state index contributed by atoms with van der Waals surface area (Å²) in [7, 11) is 0. The molecular formula is C3H3Cl2S. The third kappa shape index (κ3) is 2.88. The minimum Gasteiger partial charge on any atom is -0.0917 e. The summed E-state index contributed by atoms with van der Waals surface area (Å²) in [6.07, 6.45) is 0. The van der Waals surface area contributed by atoms with Crippen molar-refractivity contribution in [2.45, 2.75) is 0 Å². The molecule has 0 aromatic carbocycles. The van der Waals surface area contributed by atoms with Gasteiger partial charge in [-0.2, -0.15) is 0 Å². The average molecular weight is 142 g/mol. The Morgan fingerprint density at radius 1 is 1.83 bits per heavy atom. The van der Waals surface area contributed by atoms with Crippen molar-refractivity contribution in [1.82, 2.24) is 0 Å². The molecule has 0 unspecified atom stereocenters. The van der Waals surface area contributed by atoms with Gasteiger partial charge in [0.05, 0.1) is 0 Å². The SMILES string of the molecule is [S]CC(Cl)=CCl. The first-order valence-electron chi connectivity index (χ1n) is 1.34. The monoisotopic (exact) mass is 141 g/mol. The van der Waals surface area contributed by atoms with Crippen LogP contribution >= 0.6 is 35.8 Å². The molecule has 0 nitrogen and oxygen atoms in total. The van der Waals surface area contributed by atoms with Gasteiger partial charge in [0.15, 0.2) is 0 Å². The Morgan fingerprint density at radius 3 is 2.33 bits per heavy atom. The zero-order chi connectivity index (χ0) is 4.99. The molecule has 35 valence electrons. The quantitative estimate of drug-likeness (QED) is 0.527. The summed E-state index contributed by atoms with van der Waals surface area (Å²) in [5.41, 5.74) is 1.27. The van der Waals surface area contributed by atoms with Crippen LogP contribution < -0.4 is 0 Å². The Hall–Kier alpha value is 0.670. The molecule has 0 aliphatic heterocycles. The van der Waals surface area contributed by atoms with Crippen molar-refractivity contribution in [3.63, 3.8) is 0 Å². The first kappa shape index (κ1) is 6.67. The minimum absolute atomic E-state index is 0.408. The second-order valence-corrected chi connectivity index (χ2v) is 1.69. The summed E-state index contributed by atoms with van der Waals surface area (Å²) in [4.78, 5) is 0. The molecule has 0 amide bonds. The number of hydrogen-bond acceptors (Lipinski definition) is 0. The van der Waals surface area contributed by atoms with Crippen LogP contribution in [0.3, 0.4) is 0 Å². The van der Waals surface area contributed by atoms with E-state index in [0.29, 0.717) is 10.8 Å². The maximum Gasteiger partial charge on any atom is 0.0405 e. The first-order valence-corrected chi connectivity index (χ1v) is 2.73. The standard InChI is InChI=1S/C3H3Cl2S/c4-1-3(5)2-6/h1H,2H2. The number of halogens is 2. The predicted molar refractivity (Wildman–Crippen MR) is 32.2 cm³/mol. The molecule has 0 heterocycles. The van der Waals surface area contributed by atoms with Crippen molar-refractivity contribution in [2.24, 2.45) is 0 Å². The van der Waals surface area contributed by atoms with Crippen molar-refractivity contribution in [2.75, 3.05) is 5.75 Å². The van der Waals surface area contributed by atoms with Crippen LogP contribution in [-0.4, -0.2) is 5.75 Å². The highest BCUT2D eigenvalue weighted by Crippen LogP contribution is 2.02. The molecule has 3 heteroatoms. The molecule has 0 aromatic rings. The molecule has 0 fully saturated rings. The van der Waals surface area contributed by atoms with Crippen LogP contribution in [-0.2, 0) is 0 Å². The third-order valence-corrected chi connectivity index (χ3v) is 1.34. The van der Waals surface area contributed by atoms with Crippen LogP contribution in [0, 0.1) is 0 Å². The van der Waals surface area contributed by atoms with Gasteiger partial charge in [-0.05, 0) is 0 Å². The van der Waals surface area contributed by atoms with Crippen molar-refractivity contribution in [3.05, 3.63) is 10.6 Å². The molecule has 0 aliphatic carbocycles. The lowest BCUT2D eigenvalue weighted by molar-refractivity contribution is 1.75. The maximum atomic E-state index is 5.27. The summed E-state index contributed by atoms with van der Waals surface area (Å²) in [6, 6.07) is 0. The largest absolute Gasteiger partial charge is 0.0917 e. The van der Waals surface area contributed by atoms with Crippen LogP contribution in [0.1, 0.15) is 0 Å². The van der Waals surface area contributed by atoms with E-state index in [2.05, 4.69) is 12.6 Å². The van der Waals surface area contributed by atoms with E-state index >= 15 is 0 Å². The fourth-order valence-corrected chi connectivity index (χ4v) is 0.283. The summed E-state index contributed by atoms with van der Waals surface area (Å²) in [5.74, 6) is 0.408. The average Bonchev–Trinajstić information content (AvgIpc) is 1.65. The highest BCUT2D eigenvalue weighted by Gasteiger charge is 1.80. The zero-order valence-electron chi connectivity index (χ0n) is 2.95. The van der Waals surface area contributed by atoms with Gasteiger partial charge in [0.1, 0.15) is 0 Å². The smallest absolute Gasteiger partial charge is 0.0405 e. The first-order chi connectivity index (χ1) is 2.81. The summed E-state index contributed by atoms with van der Waals surface area (Å²) in [6.45, 7) is 0. The molecule has 0 spiro atoms. The van der Waals surface area contributed by atoms with Gasteiger partial charge in [-0.25, -0.2) is 0 Å². The molecule has 0 rings (SSSR count). The Balaban J connectivity index is 3.22. The van der Waals surface area contributed by atoms with Crippen molar-refractivity contribution in [3.8, 4) is 0 Å². The summed E-state index contributed by atoms with van der Waals surface area (Å²) in [5, 5.41) is 0.520. The molecule has 0 bridgehead atoms. The molecule has 0 saturated carbocycles. The highest BCUT2D eigenvalue weighted by molar-refractivity contribution is 7.80. The van der Waals surface area contributed by atoms with Gasteiger partial charge in [-0.1, -0.05) is 35.8 Å². The van der Waals surface area contributed by atoms with E-state index in [0.717, 1.165) is 0 Å². The van der Waals surface area contributed by atoms with Gasteiger partial charge >= 0.3 is 0 Å². The van der Waals surface area contributed by atoms with Crippen molar-refractivity contribution in [1.29, 1.82) is 0 Å². The van der Waals surface area contributed by atoms with Crippen molar-refractivity contribution >= 4 is 35.8 Å². The van der Waals surface area contributed by atoms with Crippen LogP contribution in [0.2, 0.25) is 0 Å². The van der Waals surface area contributed by atoms with E-state index in [1.54, 1.807) is 0 Å². The van der Waals surface area contributed by atoms with Gasteiger partial charge in [0.25, 0.3) is 0 Å². The van der Waals surface area contributed by atoms with E-state index in [4.69, 9.17) is 23.2 Å². The van der Waals surface area contributed by atoms with Crippen LogP contribution in [0.15, 0.2) is 10.6 Å². The lowest BCUT2D eigenvalue weighted by atomic mass is 10.7. The van der Waals surface area contributed by atoms with E-state index in [1.807, 2.05) is 0 Å². The molecule has 0 atom stereocenters. The van der Waals surface area contributed by atoms with Crippen LogP contribution in [0.25, 0.3) is 0 Å². The van der Waals surface area contributed by atoms with Gasteiger partial charge in [0, 0.05) is 16.3 Å². The fourth-order valence-electron chi connectivity index (χ4n) is 0.0315. The molecular weight excluding hydrogens is 139 g/mol. The minimum atomic E-state index is 0.408. The van der Waals surface area contributed by atoms with E-state index < -0.39 is 0 Å². The Kier molecular flexibility index (Phi) is 4.28. The third-order valence-electron chi connectivity index (χ3n) is 0.256. The Bertz CT molecular complexity index is 59.8. The Morgan fingerprint density at radius 2 is 2.33 bits per heavy atom. The van der Waals surface area contributed by atoms with Gasteiger partial charge < -0.3 is 0 Å². The lowest BCUT2D eigenvalue weighted by Crippen LogP contribution is -1.64. The molecule has 6 heavy (non-hydrogen) atoms. The highest BCUT2D eigenvalue weighted by atomic mass is 35.5. The predicted octanol–water partition coefficient (Wildman–Crippen LogP) is 2.50. The lowest BCUT2D eigenvalue weighted by Gasteiger charge is -1.78. The molecule has 0 saturated heterocycles. The number of rotatable bonds is 1. The fraction of sp³-hybridized carbons (Fsp3) is 0.333. The van der Waals surface area contributed by atoms with E-state index in [1.165, 1.54) is 5.54 Å². The summed E-state index contributed by atoms with van der Waals surface area (Å²) < 4.78 is 0. The second-order valence-electron chi connectivity index (χ2n) is 0.700. The number of hydrogen-bond donors (Lipinski definition) is 0. The zero-order valence-corrected chi connectivity index (χ0v) is 5.28. The second kappa shape index (κ2) is 3.85. The molecule has 0 N–H and O–H groups in total. The van der Waals surface area contributed by atoms with E-state index in [-0.39, 0.29) is 0 Å². The van der Waals surface area contributed by atoms with Crippen LogP contribution in [0.4, 0.5) is 0 Å². The molecule has 0 aromatic heterocycles. The van der Waals surface area contributed by atoms with Crippen LogP contribution in [0.5, 0.6) is 0 Å². The summed E-state index contributed by atoms with van der Waals surface area (Å²) >= 11 is 14.9. The molecule has 1 radical (unpaired) electrons.